The number of likely N-dealkylation sites (N-methyl/N-ethyl adjacent to an activating group) is 1. The predicted octanol–water partition coefficient (Wildman–Crippen LogP) is 2.53. The highest BCUT2D eigenvalue weighted by molar-refractivity contribution is 14.0. The van der Waals surface area contributed by atoms with Gasteiger partial charge in [0.15, 0.2) is 5.96 Å². The van der Waals surface area contributed by atoms with Crippen LogP contribution >= 0.6 is 24.0 Å². The number of aliphatic imine (C=N–C) groups is 1. The van der Waals surface area contributed by atoms with Crippen molar-refractivity contribution in [1.82, 2.24) is 15.5 Å². The molecule has 2 heterocycles. The first-order valence-corrected chi connectivity index (χ1v) is 8.61. The molecule has 2 N–H and O–H groups in total. The average Bonchev–Trinajstić information content (AvgIpc) is 3.18. The van der Waals surface area contributed by atoms with E-state index in [1.807, 2.05) is 26.2 Å². The Morgan fingerprint density at radius 3 is 2.56 bits per heavy atom. The maximum absolute atomic E-state index is 13.2. The van der Waals surface area contributed by atoms with Crippen LogP contribution in [-0.4, -0.2) is 56.8 Å². The number of nitrogens with zero attached hydrogens (tertiary/aromatic N) is 2. The molecule has 2 fully saturated rings. The van der Waals surface area contributed by atoms with Crippen molar-refractivity contribution in [3.05, 3.63) is 35.6 Å². The molecule has 0 amide bonds. The lowest BCUT2D eigenvalue weighted by Gasteiger charge is -2.27. The first-order chi connectivity index (χ1) is 11.6. The lowest BCUT2D eigenvalue weighted by molar-refractivity contribution is 0.0992. The largest absolute Gasteiger partial charge is 0.373 e. The Morgan fingerprint density at radius 1 is 1.32 bits per heavy atom. The van der Waals surface area contributed by atoms with E-state index in [1.54, 1.807) is 7.05 Å². The van der Waals surface area contributed by atoms with Gasteiger partial charge in [-0.15, -0.1) is 24.0 Å². The molecule has 2 aliphatic rings. The van der Waals surface area contributed by atoms with Gasteiger partial charge in [-0.2, -0.15) is 0 Å². The van der Waals surface area contributed by atoms with Crippen molar-refractivity contribution in [2.24, 2.45) is 4.99 Å². The highest BCUT2D eigenvalue weighted by atomic mass is 127. The SMILES string of the molecule is CN=C(NCC(c1ccc(F)cc1)N(C)C)NC1CC2CCC1O2.I. The number of hydrogen-bond acceptors (Lipinski definition) is 3. The molecule has 0 aromatic heterocycles. The summed E-state index contributed by atoms with van der Waals surface area (Å²) in [5.41, 5.74) is 1.08. The van der Waals surface area contributed by atoms with Crippen molar-refractivity contribution in [3.8, 4) is 0 Å². The topological polar surface area (TPSA) is 48.9 Å². The number of halogens is 2. The third kappa shape index (κ3) is 5.04. The van der Waals surface area contributed by atoms with Crippen LogP contribution in [0.5, 0.6) is 0 Å². The summed E-state index contributed by atoms with van der Waals surface area (Å²) in [6.07, 6.45) is 4.10. The molecule has 0 saturated carbocycles. The first kappa shape index (κ1) is 20.4. The molecule has 1 aromatic carbocycles. The Balaban J connectivity index is 0.00000225. The second kappa shape index (κ2) is 9.14. The molecule has 2 saturated heterocycles. The van der Waals surface area contributed by atoms with Crippen LogP contribution in [0.15, 0.2) is 29.3 Å². The molecule has 25 heavy (non-hydrogen) atoms. The molecule has 2 bridgehead atoms. The lowest BCUT2D eigenvalue weighted by atomic mass is 9.96. The minimum atomic E-state index is -0.210. The fourth-order valence-corrected chi connectivity index (χ4v) is 3.64. The molecule has 140 valence electrons. The Hall–Kier alpha value is -0.930. The smallest absolute Gasteiger partial charge is 0.191 e. The maximum atomic E-state index is 13.2. The first-order valence-electron chi connectivity index (χ1n) is 8.61. The van der Waals surface area contributed by atoms with Crippen LogP contribution in [0.25, 0.3) is 0 Å². The van der Waals surface area contributed by atoms with Gasteiger partial charge in [0.1, 0.15) is 5.82 Å². The summed E-state index contributed by atoms with van der Waals surface area (Å²) in [6, 6.07) is 7.17. The Bertz CT molecular complexity index is 581. The zero-order valence-corrected chi connectivity index (χ0v) is 17.4. The molecule has 2 aliphatic heterocycles. The van der Waals surface area contributed by atoms with Crippen LogP contribution in [-0.2, 0) is 4.74 Å². The molecule has 3 rings (SSSR count). The van der Waals surface area contributed by atoms with Gasteiger partial charge in [-0.3, -0.25) is 4.99 Å². The number of benzene rings is 1. The van der Waals surface area contributed by atoms with Gasteiger partial charge in [-0.1, -0.05) is 12.1 Å². The summed E-state index contributed by atoms with van der Waals surface area (Å²) < 4.78 is 19.0. The van der Waals surface area contributed by atoms with E-state index in [-0.39, 0.29) is 35.8 Å². The van der Waals surface area contributed by atoms with E-state index in [9.17, 15) is 4.39 Å². The maximum Gasteiger partial charge on any atom is 0.191 e. The number of rotatable bonds is 5. The van der Waals surface area contributed by atoms with Crippen molar-refractivity contribution in [2.75, 3.05) is 27.7 Å². The summed E-state index contributed by atoms with van der Waals surface area (Å²) in [5, 5.41) is 6.89. The normalized spacial score (nSPS) is 26.4. The third-order valence-electron chi connectivity index (χ3n) is 4.99. The van der Waals surface area contributed by atoms with Gasteiger partial charge in [0, 0.05) is 13.6 Å². The van der Waals surface area contributed by atoms with Crippen molar-refractivity contribution in [1.29, 1.82) is 0 Å². The van der Waals surface area contributed by atoms with Gasteiger partial charge in [0.25, 0.3) is 0 Å². The standard InChI is InChI=1S/C18H27FN4O.HI/c1-20-18(22-15-10-14-8-9-17(15)24-14)21-11-16(23(2)3)12-4-6-13(19)7-5-12;/h4-7,14-17H,8-11H2,1-3H3,(H2,20,21,22);1H. The zero-order valence-electron chi connectivity index (χ0n) is 15.0. The highest BCUT2D eigenvalue weighted by Crippen LogP contribution is 2.34. The fraction of sp³-hybridized carbons (Fsp3) is 0.611. The van der Waals surface area contributed by atoms with Gasteiger partial charge in [0.05, 0.1) is 24.3 Å². The Morgan fingerprint density at radius 2 is 2.04 bits per heavy atom. The summed E-state index contributed by atoms with van der Waals surface area (Å²) in [5.74, 6) is 0.586. The van der Waals surface area contributed by atoms with E-state index in [4.69, 9.17) is 4.74 Å². The van der Waals surface area contributed by atoms with Crippen molar-refractivity contribution in [2.45, 2.75) is 43.6 Å². The van der Waals surface area contributed by atoms with Crippen molar-refractivity contribution >= 4 is 29.9 Å². The van der Waals surface area contributed by atoms with Crippen molar-refractivity contribution < 1.29 is 9.13 Å². The number of nitrogens with one attached hydrogen (secondary N) is 2. The second-order valence-corrected chi connectivity index (χ2v) is 6.84. The fourth-order valence-electron chi connectivity index (χ4n) is 3.64. The third-order valence-corrected chi connectivity index (χ3v) is 4.99. The van der Waals surface area contributed by atoms with Crippen LogP contribution < -0.4 is 10.6 Å². The summed E-state index contributed by atoms with van der Waals surface area (Å²) in [4.78, 5) is 6.45. The summed E-state index contributed by atoms with van der Waals surface area (Å²) in [6.45, 7) is 0.694. The van der Waals surface area contributed by atoms with Gasteiger partial charge in [0.2, 0.25) is 0 Å². The van der Waals surface area contributed by atoms with Crippen LogP contribution in [0, 0.1) is 5.82 Å². The van der Waals surface area contributed by atoms with Crippen LogP contribution in [0.2, 0.25) is 0 Å². The number of ether oxygens (including phenoxy) is 1. The molecular formula is C18H28FIN4O. The monoisotopic (exact) mass is 462 g/mol. The number of fused-ring (bicyclic) bond motifs is 2. The van der Waals surface area contributed by atoms with Crippen molar-refractivity contribution in [3.63, 3.8) is 0 Å². The zero-order chi connectivity index (χ0) is 17.1. The molecular weight excluding hydrogens is 434 g/mol. The molecule has 1 aromatic rings. The lowest BCUT2D eigenvalue weighted by Crippen LogP contribution is -2.49. The molecule has 5 nitrogen and oxygen atoms in total. The quantitative estimate of drug-likeness (QED) is 0.401. The summed E-state index contributed by atoms with van der Waals surface area (Å²) in [7, 11) is 5.83. The Labute approximate surface area is 166 Å². The molecule has 4 unspecified atom stereocenters. The second-order valence-electron chi connectivity index (χ2n) is 6.84. The molecule has 0 spiro atoms. The van der Waals surface area contributed by atoms with E-state index < -0.39 is 0 Å². The van der Waals surface area contributed by atoms with E-state index in [0.717, 1.165) is 24.4 Å². The van der Waals surface area contributed by atoms with Crippen LogP contribution in [0.4, 0.5) is 4.39 Å². The number of hydrogen-bond donors (Lipinski definition) is 2. The molecule has 0 aliphatic carbocycles. The van der Waals surface area contributed by atoms with E-state index in [2.05, 4.69) is 20.5 Å². The number of guanidine groups is 1. The van der Waals surface area contributed by atoms with E-state index in [1.165, 1.54) is 18.6 Å². The van der Waals surface area contributed by atoms with Gasteiger partial charge in [-0.25, -0.2) is 4.39 Å². The molecule has 7 heteroatoms. The van der Waals surface area contributed by atoms with E-state index >= 15 is 0 Å². The highest BCUT2D eigenvalue weighted by Gasteiger charge is 2.41. The van der Waals surface area contributed by atoms with Gasteiger partial charge < -0.3 is 20.3 Å². The predicted molar refractivity (Wildman–Crippen MR) is 109 cm³/mol. The molecule has 4 atom stereocenters. The minimum Gasteiger partial charge on any atom is -0.373 e. The molecule has 0 radical (unpaired) electrons. The van der Waals surface area contributed by atoms with E-state index in [0.29, 0.717) is 24.8 Å². The average molecular weight is 462 g/mol. The van der Waals surface area contributed by atoms with Crippen LogP contribution in [0.1, 0.15) is 30.9 Å². The van der Waals surface area contributed by atoms with Gasteiger partial charge in [-0.05, 0) is 51.1 Å². The summed E-state index contributed by atoms with van der Waals surface area (Å²) >= 11 is 0. The van der Waals surface area contributed by atoms with Crippen LogP contribution in [0.3, 0.4) is 0 Å². The Kier molecular flexibility index (Phi) is 7.45. The minimum absolute atomic E-state index is 0. The van der Waals surface area contributed by atoms with Gasteiger partial charge >= 0.3 is 0 Å².